The van der Waals surface area contributed by atoms with Gasteiger partial charge in [-0.15, -0.1) is 0 Å². The molecule has 3 rings (SSSR count). The van der Waals surface area contributed by atoms with E-state index in [1.807, 2.05) is 6.07 Å². The number of nitrogens with one attached hydrogen (secondary N) is 1. The summed E-state index contributed by atoms with van der Waals surface area (Å²) in [5.74, 6) is -2.80. The maximum Gasteiger partial charge on any atom is 0.259 e. The second kappa shape index (κ2) is 7.72. The molecule has 2 aromatic rings. The summed E-state index contributed by atoms with van der Waals surface area (Å²) in [7, 11) is 0. The SMILES string of the molecule is Cc1nc(N2CCC(F)(F)CC2)c(C(=O)Nc2cccc(C#N)c2)c(C)c1Cl. The van der Waals surface area contributed by atoms with Crippen LogP contribution in [0.2, 0.25) is 5.02 Å². The van der Waals surface area contributed by atoms with Crippen LogP contribution in [0, 0.1) is 25.2 Å². The van der Waals surface area contributed by atoms with E-state index in [4.69, 9.17) is 16.9 Å². The zero-order valence-electron chi connectivity index (χ0n) is 15.5. The summed E-state index contributed by atoms with van der Waals surface area (Å²) in [6.07, 6.45) is -0.582. The number of piperidine rings is 1. The molecule has 0 atom stereocenters. The molecule has 1 saturated heterocycles. The second-order valence-electron chi connectivity index (χ2n) is 6.82. The van der Waals surface area contributed by atoms with Crippen molar-refractivity contribution in [2.75, 3.05) is 23.3 Å². The van der Waals surface area contributed by atoms with Gasteiger partial charge in [-0.05, 0) is 37.6 Å². The standard InChI is InChI=1S/C20H19ClF2N4O/c1-12-16(19(28)26-15-5-3-4-14(10-15)11-24)18(25-13(2)17(12)21)27-8-6-20(22,23)7-9-27/h3-5,10H,6-9H2,1-2H3,(H,26,28). The number of hydrogen-bond acceptors (Lipinski definition) is 4. The van der Waals surface area contributed by atoms with E-state index in [1.54, 1.807) is 43.0 Å². The van der Waals surface area contributed by atoms with Gasteiger partial charge in [0, 0.05) is 31.6 Å². The Kier molecular flexibility index (Phi) is 5.52. The number of rotatable bonds is 3. The van der Waals surface area contributed by atoms with Crippen LogP contribution in [0.3, 0.4) is 0 Å². The number of benzene rings is 1. The monoisotopic (exact) mass is 404 g/mol. The summed E-state index contributed by atoms with van der Waals surface area (Å²) in [4.78, 5) is 19.2. The lowest BCUT2D eigenvalue weighted by atomic mass is 10.0. The molecule has 0 aliphatic carbocycles. The Morgan fingerprint density at radius 1 is 1.32 bits per heavy atom. The fourth-order valence-corrected chi connectivity index (χ4v) is 3.36. The van der Waals surface area contributed by atoms with Crippen molar-refractivity contribution < 1.29 is 13.6 Å². The predicted octanol–water partition coefficient (Wildman–Crippen LogP) is 4.71. The molecule has 0 unspecified atom stereocenters. The van der Waals surface area contributed by atoms with Gasteiger partial charge in [0.25, 0.3) is 11.8 Å². The molecular weight excluding hydrogens is 386 g/mol. The molecule has 0 radical (unpaired) electrons. The van der Waals surface area contributed by atoms with Gasteiger partial charge in [0.1, 0.15) is 5.82 Å². The van der Waals surface area contributed by atoms with Gasteiger partial charge in [-0.25, -0.2) is 13.8 Å². The summed E-state index contributed by atoms with van der Waals surface area (Å²) < 4.78 is 27.1. The van der Waals surface area contributed by atoms with E-state index in [9.17, 15) is 13.6 Å². The summed E-state index contributed by atoms with van der Waals surface area (Å²) in [5.41, 5.74) is 2.19. The van der Waals surface area contributed by atoms with E-state index in [0.29, 0.717) is 33.3 Å². The van der Waals surface area contributed by atoms with E-state index >= 15 is 0 Å². The molecule has 28 heavy (non-hydrogen) atoms. The molecule has 1 aliphatic rings. The molecule has 1 N–H and O–H groups in total. The van der Waals surface area contributed by atoms with Gasteiger partial charge < -0.3 is 10.2 Å². The van der Waals surface area contributed by atoms with Crippen molar-refractivity contribution in [1.82, 2.24) is 4.98 Å². The van der Waals surface area contributed by atoms with Crippen LogP contribution in [0.1, 0.15) is 40.0 Å². The van der Waals surface area contributed by atoms with Gasteiger partial charge >= 0.3 is 0 Å². The van der Waals surface area contributed by atoms with Crippen LogP contribution in [0.15, 0.2) is 24.3 Å². The summed E-state index contributed by atoms with van der Waals surface area (Å²) >= 11 is 6.31. The third kappa shape index (κ3) is 4.07. The molecule has 1 amide bonds. The average molecular weight is 405 g/mol. The molecule has 1 aromatic carbocycles. The summed E-state index contributed by atoms with van der Waals surface area (Å²) in [5, 5.41) is 12.1. The van der Waals surface area contributed by atoms with Gasteiger partial charge in [0.15, 0.2) is 0 Å². The number of nitrogens with zero attached hydrogens (tertiary/aromatic N) is 3. The molecule has 0 spiro atoms. The number of halogens is 3. The number of hydrogen-bond donors (Lipinski definition) is 1. The minimum atomic E-state index is -2.70. The number of alkyl halides is 2. The van der Waals surface area contributed by atoms with Gasteiger partial charge in [-0.2, -0.15) is 5.26 Å². The second-order valence-corrected chi connectivity index (χ2v) is 7.20. The van der Waals surface area contributed by atoms with Crippen molar-refractivity contribution in [2.24, 2.45) is 0 Å². The zero-order chi connectivity index (χ0) is 20.5. The van der Waals surface area contributed by atoms with Crippen molar-refractivity contribution in [3.8, 4) is 6.07 Å². The van der Waals surface area contributed by atoms with Crippen LogP contribution in [0.4, 0.5) is 20.3 Å². The van der Waals surface area contributed by atoms with Crippen molar-refractivity contribution in [3.63, 3.8) is 0 Å². The van der Waals surface area contributed by atoms with Gasteiger partial charge in [0.2, 0.25) is 0 Å². The molecule has 8 heteroatoms. The normalized spacial score (nSPS) is 15.8. The number of pyridine rings is 1. The number of carbonyl (C=O) groups excluding carboxylic acids is 1. The van der Waals surface area contributed by atoms with Crippen LogP contribution >= 0.6 is 11.6 Å². The Balaban J connectivity index is 1.98. The maximum atomic E-state index is 13.6. The first-order valence-corrected chi connectivity index (χ1v) is 9.20. The third-order valence-electron chi connectivity index (χ3n) is 4.79. The minimum absolute atomic E-state index is 0.102. The van der Waals surface area contributed by atoms with Gasteiger partial charge in [-0.1, -0.05) is 17.7 Å². The number of aromatic nitrogens is 1. The van der Waals surface area contributed by atoms with Crippen molar-refractivity contribution >= 4 is 29.0 Å². The number of aryl methyl sites for hydroxylation is 1. The van der Waals surface area contributed by atoms with E-state index in [2.05, 4.69) is 10.3 Å². The highest BCUT2D eigenvalue weighted by atomic mass is 35.5. The van der Waals surface area contributed by atoms with E-state index in [-0.39, 0.29) is 31.5 Å². The van der Waals surface area contributed by atoms with Crippen molar-refractivity contribution in [3.05, 3.63) is 51.7 Å². The third-order valence-corrected chi connectivity index (χ3v) is 5.35. The summed E-state index contributed by atoms with van der Waals surface area (Å²) in [6.45, 7) is 3.63. The quantitative estimate of drug-likeness (QED) is 0.804. The smallest absolute Gasteiger partial charge is 0.259 e. The number of anilines is 2. The van der Waals surface area contributed by atoms with Crippen molar-refractivity contribution in [1.29, 1.82) is 5.26 Å². The predicted molar refractivity (Wildman–Crippen MR) is 104 cm³/mol. The first-order chi connectivity index (χ1) is 13.2. The first-order valence-electron chi connectivity index (χ1n) is 8.83. The highest BCUT2D eigenvalue weighted by Gasteiger charge is 2.36. The Bertz CT molecular complexity index is 961. The van der Waals surface area contributed by atoms with E-state index < -0.39 is 11.8 Å². The topological polar surface area (TPSA) is 69.0 Å². The first kappa shape index (κ1) is 20.0. The Labute approximate surface area is 166 Å². The Hall–Kier alpha value is -2.72. The average Bonchev–Trinajstić information content (AvgIpc) is 2.66. The number of nitriles is 1. The molecule has 2 heterocycles. The summed E-state index contributed by atoms with van der Waals surface area (Å²) in [6, 6.07) is 8.52. The maximum absolute atomic E-state index is 13.6. The minimum Gasteiger partial charge on any atom is -0.355 e. The Morgan fingerprint density at radius 3 is 2.64 bits per heavy atom. The Morgan fingerprint density at radius 2 is 2.00 bits per heavy atom. The van der Waals surface area contributed by atoms with Gasteiger partial charge in [-0.3, -0.25) is 4.79 Å². The largest absolute Gasteiger partial charge is 0.355 e. The molecular formula is C20H19ClF2N4O. The van der Waals surface area contributed by atoms with Crippen LogP contribution in [-0.2, 0) is 0 Å². The lowest BCUT2D eigenvalue weighted by molar-refractivity contribution is -0.0221. The lowest BCUT2D eigenvalue weighted by Crippen LogP contribution is -2.41. The van der Waals surface area contributed by atoms with Crippen LogP contribution < -0.4 is 10.2 Å². The highest BCUT2D eigenvalue weighted by Crippen LogP contribution is 2.35. The van der Waals surface area contributed by atoms with Crippen LogP contribution in [0.25, 0.3) is 0 Å². The number of carbonyl (C=O) groups is 1. The van der Waals surface area contributed by atoms with Crippen LogP contribution in [0.5, 0.6) is 0 Å². The molecule has 1 aromatic heterocycles. The molecule has 0 bridgehead atoms. The number of amides is 1. The zero-order valence-corrected chi connectivity index (χ0v) is 16.3. The lowest BCUT2D eigenvalue weighted by Gasteiger charge is -2.34. The van der Waals surface area contributed by atoms with Crippen molar-refractivity contribution in [2.45, 2.75) is 32.6 Å². The van der Waals surface area contributed by atoms with E-state index in [1.165, 1.54) is 0 Å². The molecule has 146 valence electrons. The van der Waals surface area contributed by atoms with Crippen LogP contribution in [-0.4, -0.2) is 29.9 Å². The molecule has 1 fully saturated rings. The molecule has 1 aliphatic heterocycles. The fraction of sp³-hybridized carbons (Fsp3) is 0.350. The highest BCUT2D eigenvalue weighted by molar-refractivity contribution is 6.32. The fourth-order valence-electron chi connectivity index (χ4n) is 3.22. The molecule has 5 nitrogen and oxygen atoms in total. The van der Waals surface area contributed by atoms with E-state index in [0.717, 1.165) is 0 Å². The van der Waals surface area contributed by atoms with Gasteiger partial charge in [0.05, 0.1) is 27.9 Å². The molecule has 0 saturated carbocycles.